The van der Waals surface area contributed by atoms with Crippen molar-refractivity contribution in [2.75, 3.05) is 11.1 Å². The number of carbonyl (C=O) groups is 1. The molecule has 0 spiro atoms. The third kappa shape index (κ3) is 4.40. The molecule has 152 valence electrons. The summed E-state index contributed by atoms with van der Waals surface area (Å²) in [5, 5.41) is 15.6. The van der Waals surface area contributed by atoms with Crippen LogP contribution in [0.3, 0.4) is 0 Å². The predicted molar refractivity (Wildman–Crippen MR) is 105 cm³/mol. The van der Waals surface area contributed by atoms with Gasteiger partial charge in [0.2, 0.25) is 11.1 Å². The first-order valence-electron chi connectivity index (χ1n) is 8.63. The number of pyridine rings is 1. The molecular weight excluding hydrogens is 417 g/mol. The lowest BCUT2D eigenvalue weighted by atomic mass is 10.2. The lowest BCUT2D eigenvalue weighted by Gasteiger charge is -2.08. The summed E-state index contributed by atoms with van der Waals surface area (Å²) < 4.78 is 39.4. The van der Waals surface area contributed by atoms with Crippen LogP contribution in [-0.2, 0) is 11.0 Å². The van der Waals surface area contributed by atoms with Gasteiger partial charge in [-0.3, -0.25) is 9.78 Å². The van der Waals surface area contributed by atoms with Crippen LogP contribution in [0.15, 0.2) is 66.1 Å². The second kappa shape index (κ2) is 8.11. The molecule has 0 aliphatic rings. The van der Waals surface area contributed by atoms with E-state index in [1.807, 2.05) is 18.2 Å². The van der Waals surface area contributed by atoms with Crippen LogP contribution in [-0.4, -0.2) is 36.5 Å². The summed E-state index contributed by atoms with van der Waals surface area (Å²) in [6, 6.07) is 11.5. The van der Waals surface area contributed by atoms with E-state index in [0.29, 0.717) is 16.5 Å². The van der Waals surface area contributed by atoms with Gasteiger partial charge in [-0.25, -0.2) is 0 Å². The fourth-order valence-electron chi connectivity index (χ4n) is 2.61. The van der Waals surface area contributed by atoms with Gasteiger partial charge in [0.15, 0.2) is 5.65 Å². The normalized spacial score (nSPS) is 11.6. The molecule has 0 saturated heterocycles. The second-order valence-corrected chi connectivity index (χ2v) is 7.06. The Morgan fingerprint density at radius 1 is 1.00 bits per heavy atom. The quantitative estimate of drug-likeness (QED) is 0.483. The molecule has 4 rings (SSSR count). The average molecular weight is 430 g/mol. The molecule has 0 unspecified atom stereocenters. The van der Waals surface area contributed by atoms with Crippen LogP contribution in [0.1, 0.15) is 5.56 Å². The first-order valence-corrected chi connectivity index (χ1v) is 9.61. The number of anilines is 1. The van der Waals surface area contributed by atoms with Gasteiger partial charge in [-0.05, 0) is 48.5 Å². The van der Waals surface area contributed by atoms with E-state index in [9.17, 15) is 18.0 Å². The Labute approximate surface area is 172 Å². The number of benzene rings is 1. The summed E-state index contributed by atoms with van der Waals surface area (Å²) in [4.78, 5) is 16.2. The number of nitrogens with one attached hydrogen (secondary N) is 1. The van der Waals surface area contributed by atoms with Gasteiger partial charge in [-0.1, -0.05) is 11.8 Å². The fourth-order valence-corrected chi connectivity index (χ4v) is 3.29. The summed E-state index contributed by atoms with van der Waals surface area (Å²) in [5.41, 5.74) is 1.59. The first kappa shape index (κ1) is 19.8. The average Bonchev–Trinajstić information content (AvgIpc) is 3.15. The molecule has 1 aromatic carbocycles. The lowest BCUT2D eigenvalue weighted by molar-refractivity contribution is -0.137. The van der Waals surface area contributed by atoms with Crippen LogP contribution in [0.25, 0.3) is 16.9 Å². The highest BCUT2D eigenvalue weighted by Gasteiger charge is 2.30. The van der Waals surface area contributed by atoms with Crippen LogP contribution in [0.4, 0.5) is 18.9 Å². The zero-order valence-electron chi connectivity index (χ0n) is 15.2. The smallest absolute Gasteiger partial charge is 0.325 e. The number of fused-ring (bicyclic) bond motifs is 1. The highest BCUT2D eigenvalue weighted by atomic mass is 32.2. The summed E-state index contributed by atoms with van der Waals surface area (Å²) >= 11 is 1.12. The number of amides is 1. The molecule has 1 amide bonds. The third-order valence-corrected chi connectivity index (χ3v) is 4.96. The van der Waals surface area contributed by atoms with E-state index in [-0.39, 0.29) is 17.3 Å². The van der Waals surface area contributed by atoms with E-state index in [2.05, 4.69) is 25.6 Å². The standard InChI is InChI=1S/C19H13F3N6OS/c20-19(21,22)13-1-3-14(4-2-13)24-17(29)11-30-18-26-25-16-6-5-15(27-28(16)18)12-7-9-23-10-8-12/h1-10H,11H2,(H,24,29). The molecular formula is C19H13F3N6OS. The minimum Gasteiger partial charge on any atom is -0.325 e. The molecule has 3 heterocycles. The van der Waals surface area contributed by atoms with Crippen molar-refractivity contribution < 1.29 is 18.0 Å². The van der Waals surface area contributed by atoms with Crippen molar-refractivity contribution in [3.63, 3.8) is 0 Å². The molecule has 0 atom stereocenters. The molecule has 3 aromatic heterocycles. The highest BCUT2D eigenvalue weighted by molar-refractivity contribution is 7.99. The van der Waals surface area contributed by atoms with Gasteiger partial charge in [-0.15, -0.1) is 10.2 Å². The van der Waals surface area contributed by atoms with Gasteiger partial charge < -0.3 is 5.32 Å². The summed E-state index contributed by atoms with van der Waals surface area (Å²) in [7, 11) is 0. The minimum absolute atomic E-state index is 0.0109. The number of nitrogens with zero attached hydrogens (tertiary/aromatic N) is 5. The number of aromatic nitrogens is 5. The lowest BCUT2D eigenvalue weighted by Crippen LogP contribution is -2.14. The summed E-state index contributed by atoms with van der Waals surface area (Å²) in [5.74, 6) is -0.398. The summed E-state index contributed by atoms with van der Waals surface area (Å²) in [6.07, 6.45) is -1.10. The monoisotopic (exact) mass is 430 g/mol. The Bertz CT molecular complexity index is 1180. The van der Waals surface area contributed by atoms with Crippen molar-refractivity contribution in [3.05, 3.63) is 66.5 Å². The molecule has 0 aliphatic heterocycles. The molecule has 0 bridgehead atoms. The van der Waals surface area contributed by atoms with Crippen molar-refractivity contribution >= 4 is 29.0 Å². The molecule has 0 radical (unpaired) electrons. The summed E-state index contributed by atoms with van der Waals surface area (Å²) in [6.45, 7) is 0. The number of alkyl halides is 3. The third-order valence-electron chi connectivity index (χ3n) is 4.04. The van der Waals surface area contributed by atoms with Crippen molar-refractivity contribution in [2.45, 2.75) is 11.3 Å². The SMILES string of the molecule is O=C(CSc1nnc2ccc(-c3ccncc3)nn12)Nc1ccc(C(F)(F)F)cc1. The van der Waals surface area contributed by atoms with Gasteiger partial charge in [-0.2, -0.15) is 22.8 Å². The van der Waals surface area contributed by atoms with E-state index in [1.54, 1.807) is 18.5 Å². The topological polar surface area (TPSA) is 85.1 Å². The van der Waals surface area contributed by atoms with Gasteiger partial charge in [0.1, 0.15) is 0 Å². The van der Waals surface area contributed by atoms with E-state index in [0.717, 1.165) is 29.5 Å². The van der Waals surface area contributed by atoms with E-state index >= 15 is 0 Å². The predicted octanol–water partition coefficient (Wildman–Crippen LogP) is 3.94. The molecule has 0 fully saturated rings. The maximum atomic E-state index is 12.6. The minimum atomic E-state index is -4.42. The van der Waals surface area contributed by atoms with Crippen LogP contribution < -0.4 is 5.32 Å². The van der Waals surface area contributed by atoms with Crippen molar-refractivity contribution in [2.24, 2.45) is 0 Å². The van der Waals surface area contributed by atoms with Crippen molar-refractivity contribution in [1.82, 2.24) is 24.8 Å². The van der Waals surface area contributed by atoms with E-state index in [4.69, 9.17) is 0 Å². The number of rotatable bonds is 5. The zero-order valence-corrected chi connectivity index (χ0v) is 16.0. The van der Waals surface area contributed by atoms with Crippen LogP contribution in [0, 0.1) is 0 Å². The number of halogens is 3. The molecule has 4 aromatic rings. The van der Waals surface area contributed by atoms with Crippen LogP contribution in [0.5, 0.6) is 0 Å². The Morgan fingerprint density at radius 3 is 2.43 bits per heavy atom. The first-order chi connectivity index (χ1) is 14.4. The Hall–Kier alpha value is -3.47. The van der Waals surface area contributed by atoms with Crippen LogP contribution >= 0.6 is 11.8 Å². The van der Waals surface area contributed by atoms with E-state index < -0.39 is 11.7 Å². The number of hydrogen-bond acceptors (Lipinski definition) is 6. The molecule has 30 heavy (non-hydrogen) atoms. The van der Waals surface area contributed by atoms with Gasteiger partial charge in [0.25, 0.3) is 0 Å². The largest absolute Gasteiger partial charge is 0.416 e. The van der Waals surface area contributed by atoms with Crippen molar-refractivity contribution in [3.8, 4) is 11.3 Å². The molecule has 0 aliphatic carbocycles. The molecule has 0 saturated carbocycles. The Kier molecular flexibility index (Phi) is 5.36. The van der Waals surface area contributed by atoms with Gasteiger partial charge >= 0.3 is 6.18 Å². The maximum Gasteiger partial charge on any atom is 0.416 e. The van der Waals surface area contributed by atoms with Gasteiger partial charge in [0.05, 0.1) is 17.0 Å². The van der Waals surface area contributed by atoms with Crippen molar-refractivity contribution in [1.29, 1.82) is 0 Å². The second-order valence-electron chi connectivity index (χ2n) is 6.12. The number of carbonyl (C=O) groups excluding carboxylic acids is 1. The number of thioether (sulfide) groups is 1. The fraction of sp³-hybridized carbons (Fsp3) is 0.105. The zero-order chi connectivity index (χ0) is 21.1. The Morgan fingerprint density at radius 2 is 1.73 bits per heavy atom. The Balaban J connectivity index is 1.44. The maximum absolute atomic E-state index is 12.6. The molecule has 11 heteroatoms. The van der Waals surface area contributed by atoms with E-state index in [1.165, 1.54) is 16.6 Å². The molecule has 1 N–H and O–H groups in total. The van der Waals surface area contributed by atoms with Crippen LogP contribution in [0.2, 0.25) is 0 Å². The molecule has 7 nitrogen and oxygen atoms in total. The van der Waals surface area contributed by atoms with Gasteiger partial charge in [0, 0.05) is 23.6 Å². The highest BCUT2D eigenvalue weighted by Crippen LogP contribution is 2.30. The number of hydrogen-bond donors (Lipinski definition) is 1.